The highest BCUT2D eigenvalue weighted by atomic mass is 16.5. The van der Waals surface area contributed by atoms with Gasteiger partial charge >= 0.3 is 0 Å². The maximum absolute atomic E-state index is 13.5. The molecule has 4 amide bonds. The summed E-state index contributed by atoms with van der Waals surface area (Å²) in [7, 11) is 1.66. The Labute approximate surface area is 284 Å². The summed E-state index contributed by atoms with van der Waals surface area (Å²) in [6.45, 7) is 25.9. The first-order valence-corrected chi connectivity index (χ1v) is 17.3. The number of nitrogens with one attached hydrogen (secondary N) is 3. The highest BCUT2D eigenvalue weighted by Gasteiger charge is 2.51. The molecular weight excluding hydrogens is 600 g/mol. The second-order valence-corrected chi connectivity index (χ2v) is 15.9. The average molecular weight is 667 g/mol. The summed E-state index contributed by atoms with van der Waals surface area (Å²) in [5.74, 6) is -0.769. The van der Waals surface area contributed by atoms with Crippen molar-refractivity contribution in [3.8, 4) is 0 Å². The van der Waals surface area contributed by atoms with E-state index in [0.717, 1.165) is 25.7 Å². The molecule has 1 aliphatic heterocycles. The zero-order chi connectivity index (χ0) is 35.9. The molecule has 0 saturated carbocycles. The molecule has 11 heteroatoms. The van der Waals surface area contributed by atoms with Crippen LogP contribution in [0.2, 0.25) is 0 Å². The Morgan fingerprint density at radius 1 is 0.809 bits per heavy atom. The third-order valence-corrected chi connectivity index (χ3v) is 8.12. The van der Waals surface area contributed by atoms with Gasteiger partial charge in [0.1, 0.15) is 6.04 Å². The molecule has 1 heterocycles. The van der Waals surface area contributed by atoms with E-state index in [0.29, 0.717) is 71.1 Å². The van der Waals surface area contributed by atoms with Crippen LogP contribution in [0.5, 0.6) is 0 Å². The topological polar surface area (TPSA) is 135 Å². The van der Waals surface area contributed by atoms with Gasteiger partial charge in [0.05, 0.1) is 45.0 Å². The van der Waals surface area contributed by atoms with Crippen LogP contribution < -0.4 is 16.0 Å². The van der Waals surface area contributed by atoms with Gasteiger partial charge in [-0.2, -0.15) is 0 Å². The lowest BCUT2D eigenvalue weighted by molar-refractivity contribution is -0.129. The third kappa shape index (κ3) is 16.9. The summed E-state index contributed by atoms with van der Waals surface area (Å²) in [5.41, 5.74) is -0.872. The largest absolute Gasteiger partial charge is 0.384 e. The SMILES string of the molecule is C=C(CC(=O)N1CC1(C)COCC(C)(C)COC)[C@@H](NC(=O)CCCCC)C(=O)NCC(C)(C)COCC(C)(C)CNC(=O)CCC. The van der Waals surface area contributed by atoms with E-state index in [2.05, 4.69) is 43.3 Å². The lowest BCUT2D eigenvalue weighted by Gasteiger charge is -2.30. The third-order valence-electron chi connectivity index (χ3n) is 8.12. The van der Waals surface area contributed by atoms with Gasteiger partial charge in [-0.15, -0.1) is 0 Å². The molecule has 3 N–H and O–H groups in total. The maximum Gasteiger partial charge on any atom is 0.246 e. The molecule has 1 aliphatic rings. The minimum atomic E-state index is -1.03. The number of nitrogens with zero attached hydrogens (tertiary/aromatic N) is 1. The van der Waals surface area contributed by atoms with Crippen LogP contribution in [0.1, 0.15) is 107 Å². The van der Waals surface area contributed by atoms with E-state index < -0.39 is 22.9 Å². The molecule has 0 bridgehead atoms. The summed E-state index contributed by atoms with van der Waals surface area (Å²) in [6, 6.07) is -1.03. The quantitative estimate of drug-likeness (QED) is 0.0748. The van der Waals surface area contributed by atoms with E-state index in [1.54, 1.807) is 12.0 Å². The summed E-state index contributed by atoms with van der Waals surface area (Å²) >= 11 is 0. The summed E-state index contributed by atoms with van der Waals surface area (Å²) in [5, 5.41) is 8.75. The molecule has 0 radical (unpaired) electrons. The zero-order valence-corrected chi connectivity index (χ0v) is 31.2. The highest BCUT2D eigenvalue weighted by Crippen LogP contribution is 2.34. The van der Waals surface area contributed by atoms with E-state index in [9.17, 15) is 19.2 Å². The Hall–Kier alpha value is -2.50. The van der Waals surface area contributed by atoms with E-state index in [1.165, 1.54) is 0 Å². The van der Waals surface area contributed by atoms with Crippen molar-refractivity contribution in [1.82, 2.24) is 20.9 Å². The van der Waals surface area contributed by atoms with Crippen LogP contribution in [0.3, 0.4) is 0 Å². The van der Waals surface area contributed by atoms with Crippen molar-refractivity contribution in [2.75, 3.05) is 59.8 Å². The Bertz CT molecular complexity index is 1040. The van der Waals surface area contributed by atoms with Crippen LogP contribution in [0.4, 0.5) is 0 Å². The number of rotatable bonds is 25. The van der Waals surface area contributed by atoms with Crippen molar-refractivity contribution in [3.63, 3.8) is 0 Å². The van der Waals surface area contributed by atoms with Gasteiger partial charge in [-0.1, -0.05) is 74.8 Å². The van der Waals surface area contributed by atoms with Gasteiger partial charge in [0.25, 0.3) is 0 Å². The van der Waals surface area contributed by atoms with Gasteiger partial charge in [0, 0.05) is 55.8 Å². The van der Waals surface area contributed by atoms with Crippen molar-refractivity contribution in [1.29, 1.82) is 0 Å². The van der Waals surface area contributed by atoms with Crippen molar-refractivity contribution in [2.45, 2.75) is 119 Å². The fourth-order valence-electron chi connectivity index (χ4n) is 5.10. The van der Waals surface area contributed by atoms with E-state index in [-0.39, 0.29) is 35.0 Å². The number of carbonyl (C=O) groups excluding carboxylic acids is 4. The second kappa shape index (κ2) is 19.5. The average Bonchev–Trinajstić information content (AvgIpc) is 3.64. The highest BCUT2D eigenvalue weighted by molar-refractivity contribution is 5.92. The molecule has 0 aromatic heterocycles. The normalized spacial score (nSPS) is 17.2. The Morgan fingerprint density at radius 2 is 1.40 bits per heavy atom. The zero-order valence-electron chi connectivity index (χ0n) is 31.2. The van der Waals surface area contributed by atoms with Crippen molar-refractivity contribution in [3.05, 3.63) is 12.2 Å². The monoisotopic (exact) mass is 666 g/mol. The van der Waals surface area contributed by atoms with Gasteiger partial charge in [-0.25, -0.2) is 0 Å². The minimum absolute atomic E-state index is 0.0362. The van der Waals surface area contributed by atoms with Gasteiger partial charge in [0.2, 0.25) is 23.6 Å². The standard InChI is InChI=1S/C36H66N4O7/c1-12-14-15-17-29(42)39-31(27(3)18-30(43)40-21-36(40,10)26-47-25-35(8,9)22-45-11)32(44)38-20-34(6,7)24-46-23-33(4,5)19-37-28(41)16-13-2/h31H,3,12-26H2,1-2,4-11H3,(H,37,41)(H,38,44)(H,39,42)/t31-,36?,40?/m1/s1. The van der Waals surface area contributed by atoms with Crippen LogP contribution in [0.15, 0.2) is 12.2 Å². The molecule has 1 saturated heterocycles. The lowest BCUT2D eigenvalue weighted by Crippen LogP contribution is -2.50. The molecule has 47 heavy (non-hydrogen) atoms. The van der Waals surface area contributed by atoms with E-state index in [4.69, 9.17) is 14.2 Å². The molecule has 1 fully saturated rings. The predicted octanol–water partition coefficient (Wildman–Crippen LogP) is 4.39. The first-order valence-electron chi connectivity index (χ1n) is 17.3. The predicted molar refractivity (Wildman–Crippen MR) is 186 cm³/mol. The number of hydrogen-bond donors (Lipinski definition) is 3. The maximum atomic E-state index is 13.5. The molecule has 0 aliphatic carbocycles. The summed E-state index contributed by atoms with van der Waals surface area (Å²) < 4.78 is 17.2. The number of carbonyl (C=O) groups is 4. The van der Waals surface area contributed by atoms with E-state index in [1.807, 2.05) is 41.5 Å². The molecular formula is C36H66N4O7. The van der Waals surface area contributed by atoms with Gasteiger partial charge in [0.15, 0.2) is 0 Å². The molecule has 0 aromatic rings. The first-order chi connectivity index (χ1) is 21.8. The fourth-order valence-corrected chi connectivity index (χ4v) is 5.10. The summed E-state index contributed by atoms with van der Waals surface area (Å²) in [4.78, 5) is 53.1. The molecule has 0 aromatic carbocycles. The Morgan fingerprint density at radius 3 is 1.98 bits per heavy atom. The Kier molecular flexibility index (Phi) is 17.6. The van der Waals surface area contributed by atoms with Crippen LogP contribution in [0.25, 0.3) is 0 Å². The van der Waals surface area contributed by atoms with Crippen LogP contribution in [-0.4, -0.2) is 99.9 Å². The van der Waals surface area contributed by atoms with Gasteiger partial charge in [-0.3, -0.25) is 19.2 Å². The summed E-state index contributed by atoms with van der Waals surface area (Å²) in [6.07, 6.45) is 4.16. The second-order valence-electron chi connectivity index (χ2n) is 15.9. The van der Waals surface area contributed by atoms with Gasteiger partial charge < -0.3 is 35.1 Å². The number of hydrogen-bond acceptors (Lipinski definition) is 7. The molecule has 11 nitrogen and oxygen atoms in total. The first kappa shape index (κ1) is 42.5. The number of methoxy groups -OCH3 is 1. The molecule has 2 atom stereocenters. The smallest absolute Gasteiger partial charge is 0.246 e. The van der Waals surface area contributed by atoms with Crippen molar-refractivity contribution >= 4 is 23.6 Å². The fraction of sp³-hybridized carbons (Fsp3) is 0.833. The van der Waals surface area contributed by atoms with Crippen molar-refractivity contribution < 1.29 is 33.4 Å². The number of ether oxygens (including phenoxy) is 3. The van der Waals surface area contributed by atoms with Crippen LogP contribution in [0, 0.1) is 16.2 Å². The van der Waals surface area contributed by atoms with Gasteiger partial charge in [-0.05, 0) is 25.3 Å². The number of amides is 4. The van der Waals surface area contributed by atoms with Crippen molar-refractivity contribution in [2.24, 2.45) is 16.2 Å². The van der Waals surface area contributed by atoms with E-state index >= 15 is 0 Å². The minimum Gasteiger partial charge on any atom is -0.384 e. The van der Waals surface area contributed by atoms with Crippen LogP contribution in [-0.2, 0) is 33.4 Å². The lowest BCUT2D eigenvalue weighted by atomic mass is 9.92. The van der Waals surface area contributed by atoms with Crippen LogP contribution >= 0.6 is 0 Å². The molecule has 272 valence electrons. The molecule has 1 unspecified atom stereocenters. The Balaban J connectivity index is 2.76. The molecule has 0 spiro atoms. The number of unbranched alkanes of at least 4 members (excludes halogenated alkanes) is 2. The molecule has 1 rings (SSSR count).